The van der Waals surface area contributed by atoms with E-state index in [-0.39, 0.29) is 11.4 Å². The minimum absolute atomic E-state index is 0.0737. The molecule has 1 heterocycles. The van der Waals surface area contributed by atoms with Gasteiger partial charge in [-0.3, -0.25) is 9.69 Å². The zero-order chi connectivity index (χ0) is 27.0. The van der Waals surface area contributed by atoms with E-state index < -0.39 is 17.1 Å². The Bertz CT molecular complexity index is 830. The fraction of sp³-hybridized carbons (Fsp3) is 0.560. The van der Waals surface area contributed by atoms with Gasteiger partial charge in [0.1, 0.15) is 0 Å². The van der Waals surface area contributed by atoms with Crippen LogP contribution in [0.25, 0.3) is 0 Å². The number of carboxylic acids is 1. The minimum atomic E-state index is -0.983. The summed E-state index contributed by atoms with van der Waals surface area (Å²) in [7, 11) is 1.31. The van der Waals surface area contributed by atoms with Gasteiger partial charge in [0.2, 0.25) is 0 Å². The summed E-state index contributed by atoms with van der Waals surface area (Å²) in [5, 5.41) is 9.94. The van der Waals surface area contributed by atoms with Crippen LogP contribution in [0.1, 0.15) is 53.5 Å². The molecule has 0 amide bonds. The van der Waals surface area contributed by atoms with Crippen LogP contribution in [0.2, 0.25) is 5.02 Å². The number of benzene rings is 1. The zero-order valence-electron chi connectivity index (χ0n) is 21.6. The van der Waals surface area contributed by atoms with Crippen molar-refractivity contribution in [3.05, 3.63) is 46.5 Å². The topological polar surface area (TPSA) is 102 Å². The summed E-state index contributed by atoms with van der Waals surface area (Å²) >= 11 is 7.70. The Morgan fingerprint density at radius 3 is 2.40 bits per heavy atom. The number of carbonyl (C=O) groups is 3. The quantitative estimate of drug-likeness (QED) is 0.194. The third-order valence-corrected chi connectivity index (χ3v) is 6.21. The molecule has 0 bridgehead atoms. The molecule has 1 N–H and O–H groups in total. The SMILES string of the molecule is CC.CC(C)OC(=O)OC(C)(C)SC1CCN(Cc2ccccc2Cl)C/C1=C/C(=O)O.COC=O. The van der Waals surface area contributed by atoms with Crippen LogP contribution in [0.15, 0.2) is 35.9 Å². The Kier molecular flexibility index (Phi) is 16.1. The standard InChI is InChI=1S/C21H28ClNO5S.C2H4O2.C2H6/c1-14(2)27-20(26)28-21(3,4)29-18-9-10-23(13-16(18)11-19(24)25)12-15-7-5-6-8-17(15)22;1-4-2-3;1-2/h5-8,11,14,18H,9-10,12-13H2,1-4H3,(H,24,25);2H,1H3;1-2H3/b16-11-;;. The maximum absolute atomic E-state index is 11.9. The molecule has 1 aliphatic heterocycles. The van der Waals surface area contributed by atoms with Crippen molar-refractivity contribution >= 4 is 42.0 Å². The Hall–Kier alpha value is -2.23. The number of likely N-dealkylation sites (tertiary alicyclic amines) is 1. The van der Waals surface area contributed by atoms with Gasteiger partial charge in [0.25, 0.3) is 6.47 Å². The van der Waals surface area contributed by atoms with Crippen LogP contribution >= 0.6 is 23.4 Å². The second-order valence-corrected chi connectivity index (χ2v) is 10.2. The fourth-order valence-corrected chi connectivity index (χ4v) is 4.66. The van der Waals surface area contributed by atoms with E-state index in [1.807, 2.05) is 38.1 Å². The smallest absolute Gasteiger partial charge is 0.478 e. The maximum Gasteiger partial charge on any atom is 0.509 e. The lowest BCUT2D eigenvalue weighted by Crippen LogP contribution is -2.39. The lowest BCUT2D eigenvalue weighted by atomic mass is 10.0. The van der Waals surface area contributed by atoms with Crippen LogP contribution < -0.4 is 0 Å². The number of hydrogen-bond acceptors (Lipinski definition) is 8. The molecule has 1 atom stereocenters. The summed E-state index contributed by atoms with van der Waals surface area (Å²) in [5.41, 5.74) is 1.80. The number of methoxy groups -OCH3 is 1. The van der Waals surface area contributed by atoms with Gasteiger partial charge < -0.3 is 19.3 Å². The Morgan fingerprint density at radius 2 is 1.89 bits per heavy atom. The molecular weight excluding hydrogens is 494 g/mol. The number of hydrogen-bond donors (Lipinski definition) is 1. The lowest BCUT2D eigenvalue weighted by Gasteiger charge is -2.37. The molecule has 8 nitrogen and oxygen atoms in total. The van der Waals surface area contributed by atoms with Gasteiger partial charge in [0, 0.05) is 36.0 Å². The second kappa shape index (κ2) is 17.2. The Labute approximate surface area is 217 Å². The van der Waals surface area contributed by atoms with E-state index in [0.717, 1.165) is 24.1 Å². The van der Waals surface area contributed by atoms with Gasteiger partial charge in [0.15, 0.2) is 4.93 Å². The van der Waals surface area contributed by atoms with Gasteiger partial charge in [0.05, 0.1) is 13.2 Å². The molecule has 0 aliphatic carbocycles. The van der Waals surface area contributed by atoms with E-state index in [4.69, 9.17) is 25.9 Å². The van der Waals surface area contributed by atoms with Gasteiger partial charge >= 0.3 is 12.1 Å². The number of nitrogens with zero attached hydrogens (tertiary/aromatic N) is 1. The molecule has 1 aromatic rings. The number of thioether (sulfide) groups is 1. The average Bonchev–Trinajstić information content (AvgIpc) is 2.77. The predicted molar refractivity (Wildman–Crippen MR) is 140 cm³/mol. The van der Waals surface area contributed by atoms with Crippen LogP contribution in [0.4, 0.5) is 4.79 Å². The summed E-state index contributed by atoms with van der Waals surface area (Å²) in [5.74, 6) is -0.983. The lowest BCUT2D eigenvalue weighted by molar-refractivity contribution is -0.131. The van der Waals surface area contributed by atoms with Crippen LogP contribution in [-0.4, -0.2) is 65.1 Å². The molecule has 35 heavy (non-hydrogen) atoms. The highest BCUT2D eigenvalue weighted by molar-refractivity contribution is 8.01. The van der Waals surface area contributed by atoms with E-state index in [1.165, 1.54) is 24.9 Å². The second-order valence-electron chi connectivity index (χ2n) is 8.01. The number of aliphatic carboxylic acids is 1. The molecule has 1 saturated heterocycles. The van der Waals surface area contributed by atoms with Gasteiger partial charge in [-0.25, -0.2) is 9.59 Å². The first-order chi connectivity index (χ1) is 16.5. The molecule has 2 rings (SSSR count). The van der Waals surface area contributed by atoms with Crippen molar-refractivity contribution in [2.75, 3.05) is 20.2 Å². The Balaban J connectivity index is 0.00000174. The van der Waals surface area contributed by atoms with Gasteiger partial charge in [-0.1, -0.05) is 43.6 Å². The van der Waals surface area contributed by atoms with Crippen LogP contribution in [0.5, 0.6) is 0 Å². The molecule has 1 aromatic carbocycles. The summed E-state index contributed by atoms with van der Waals surface area (Å²) in [6.07, 6.45) is 1.01. The first-order valence-corrected chi connectivity index (χ1v) is 12.7. The van der Waals surface area contributed by atoms with E-state index in [0.29, 0.717) is 24.6 Å². The first-order valence-electron chi connectivity index (χ1n) is 11.4. The monoisotopic (exact) mass is 531 g/mol. The molecule has 1 fully saturated rings. The van der Waals surface area contributed by atoms with E-state index >= 15 is 0 Å². The average molecular weight is 532 g/mol. The molecule has 0 spiro atoms. The van der Waals surface area contributed by atoms with Crippen molar-refractivity contribution in [2.24, 2.45) is 0 Å². The molecule has 1 unspecified atom stereocenters. The number of rotatable bonds is 8. The molecule has 0 saturated carbocycles. The normalized spacial score (nSPS) is 16.8. The number of ether oxygens (including phenoxy) is 3. The summed E-state index contributed by atoms with van der Waals surface area (Å²) in [6, 6.07) is 7.65. The minimum Gasteiger partial charge on any atom is -0.478 e. The maximum atomic E-state index is 11.9. The molecular formula is C25H38ClNO7S. The number of piperidine rings is 1. The van der Waals surface area contributed by atoms with E-state index in [2.05, 4.69) is 9.64 Å². The summed E-state index contributed by atoms with van der Waals surface area (Å²) in [6.45, 7) is 13.4. The highest BCUT2D eigenvalue weighted by Crippen LogP contribution is 2.38. The van der Waals surface area contributed by atoms with Crippen LogP contribution in [0, 0.1) is 0 Å². The number of carbonyl (C=O) groups excluding carboxylic acids is 2. The third-order valence-electron chi connectivity index (χ3n) is 4.37. The summed E-state index contributed by atoms with van der Waals surface area (Å²) in [4.78, 5) is 33.5. The van der Waals surface area contributed by atoms with Crippen molar-refractivity contribution in [1.29, 1.82) is 0 Å². The van der Waals surface area contributed by atoms with E-state index in [1.54, 1.807) is 27.7 Å². The van der Waals surface area contributed by atoms with Gasteiger partial charge in [-0.2, -0.15) is 0 Å². The molecule has 198 valence electrons. The first kappa shape index (κ1) is 32.8. The molecule has 0 aromatic heterocycles. The van der Waals surface area contributed by atoms with Gasteiger partial charge in [-0.15, -0.1) is 11.8 Å². The number of carboxylic acid groups (broad SMARTS) is 1. The molecule has 0 radical (unpaired) electrons. The highest BCUT2D eigenvalue weighted by Gasteiger charge is 2.34. The zero-order valence-corrected chi connectivity index (χ0v) is 23.1. The fourth-order valence-electron chi connectivity index (χ4n) is 3.14. The van der Waals surface area contributed by atoms with Crippen LogP contribution in [-0.2, 0) is 30.3 Å². The van der Waals surface area contributed by atoms with Crippen LogP contribution in [0.3, 0.4) is 0 Å². The molecule has 10 heteroatoms. The Morgan fingerprint density at radius 1 is 1.29 bits per heavy atom. The predicted octanol–water partition coefficient (Wildman–Crippen LogP) is 5.77. The number of halogens is 1. The van der Waals surface area contributed by atoms with Crippen molar-refractivity contribution < 1.29 is 33.7 Å². The largest absolute Gasteiger partial charge is 0.509 e. The molecule has 1 aliphatic rings. The van der Waals surface area contributed by atoms with Crippen molar-refractivity contribution in [1.82, 2.24) is 4.90 Å². The van der Waals surface area contributed by atoms with Crippen molar-refractivity contribution in [3.8, 4) is 0 Å². The third kappa shape index (κ3) is 14.0. The highest BCUT2D eigenvalue weighted by atomic mass is 35.5. The van der Waals surface area contributed by atoms with Gasteiger partial charge in [-0.05, 0) is 51.3 Å². The van der Waals surface area contributed by atoms with E-state index in [9.17, 15) is 14.7 Å². The summed E-state index contributed by atoms with van der Waals surface area (Å²) < 4.78 is 14.4. The van der Waals surface area contributed by atoms with Crippen molar-refractivity contribution in [3.63, 3.8) is 0 Å². The van der Waals surface area contributed by atoms with Crippen molar-refractivity contribution in [2.45, 2.75) is 70.8 Å².